The molecule has 2 N–H and O–H groups in total. The third-order valence-electron chi connectivity index (χ3n) is 2.72. The molecule has 0 spiro atoms. The first-order chi connectivity index (χ1) is 8.58. The summed E-state index contributed by atoms with van der Waals surface area (Å²) in [5.41, 5.74) is 0. The van der Waals surface area contributed by atoms with Crippen molar-refractivity contribution in [2.75, 3.05) is 23.7 Å². The summed E-state index contributed by atoms with van der Waals surface area (Å²) < 4.78 is 0. The first-order valence-electron chi connectivity index (χ1n) is 6.87. The zero-order chi connectivity index (χ0) is 13.4. The maximum atomic E-state index is 4.22. The number of anilines is 2. The average Bonchev–Trinajstić information content (AvgIpc) is 2.28. The van der Waals surface area contributed by atoms with Crippen molar-refractivity contribution in [3.05, 3.63) is 12.4 Å². The van der Waals surface area contributed by atoms with Crippen LogP contribution in [0, 0.1) is 11.8 Å². The van der Waals surface area contributed by atoms with Gasteiger partial charge in [0.05, 0.1) is 0 Å². The van der Waals surface area contributed by atoms with Gasteiger partial charge in [-0.2, -0.15) is 0 Å². The molecule has 102 valence electrons. The minimum Gasteiger partial charge on any atom is -0.370 e. The fourth-order valence-corrected chi connectivity index (χ4v) is 1.53. The Morgan fingerprint density at radius 3 is 1.72 bits per heavy atom. The van der Waals surface area contributed by atoms with Crippen LogP contribution in [0.5, 0.6) is 0 Å². The number of hydrogen-bond acceptors (Lipinski definition) is 4. The minimum absolute atomic E-state index is 0.711. The van der Waals surface area contributed by atoms with Gasteiger partial charge in [-0.1, -0.05) is 27.7 Å². The van der Waals surface area contributed by atoms with Crippen LogP contribution in [0.25, 0.3) is 0 Å². The Morgan fingerprint density at radius 2 is 1.33 bits per heavy atom. The van der Waals surface area contributed by atoms with Crippen LogP contribution in [0.4, 0.5) is 11.6 Å². The van der Waals surface area contributed by atoms with Gasteiger partial charge in [0.1, 0.15) is 18.0 Å². The standard InChI is InChI=1S/C14H26N4/c1-11(2)5-7-15-13-9-14(18-10-17-13)16-8-6-12(3)4/h9-12H,5-8H2,1-4H3,(H2,15,16,17,18). The van der Waals surface area contributed by atoms with E-state index in [1.54, 1.807) is 6.33 Å². The van der Waals surface area contributed by atoms with Crippen molar-refractivity contribution < 1.29 is 0 Å². The van der Waals surface area contributed by atoms with E-state index in [9.17, 15) is 0 Å². The Labute approximate surface area is 111 Å². The lowest BCUT2D eigenvalue weighted by molar-refractivity contribution is 0.606. The fourth-order valence-electron chi connectivity index (χ4n) is 1.53. The van der Waals surface area contributed by atoms with Gasteiger partial charge >= 0.3 is 0 Å². The number of aromatic nitrogens is 2. The molecule has 0 saturated carbocycles. The van der Waals surface area contributed by atoms with Crippen LogP contribution in [0.3, 0.4) is 0 Å². The summed E-state index contributed by atoms with van der Waals surface area (Å²) in [5.74, 6) is 3.22. The molecule has 1 aromatic rings. The van der Waals surface area contributed by atoms with Gasteiger partial charge in [-0.3, -0.25) is 0 Å². The topological polar surface area (TPSA) is 49.8 Å². The molecule has 0 aliphatic rings. The van der Waals surface area contributed by atoms with Crippen LogP contribution < -0.4 is 10.6 Å². The van der Waals surface area contributed by atoms with Crippen LogP contribution in [0.2, 0.25) is 0 Å². The monoisotopic (exact) mass is 250 g/mol. The molecule has 0 aromatic carbocycles. The summed E-state index contributed by atoms with van der Waals surface area (Å²) >= 11 is 0. The summed E-state index contributed by atoms with van der Waals surface area (Å²) in [5, 5.41) is 6.65. The molecule has 0 amide bonds. The summed E-state index contributed by atoms with van der Waals surface area (Å²) in [6, 6.07) is 1.97. The number of nitrogens with one attached hydrogen (secondary N) is 2. The molecular formula is C14H26N4. The second-order valence-corrected chi connectivity index (χ2v) is 5.51. The van der Waals surface area contributed by atoms with Crippen molar-refractivity contribution >= 4 is 11.6 Å². The predicted octanol–water partition coefficient (Wildman–Crippen LogP) is 3.39. The Bertz CT molecular complexity index is 307. The van der Waals surface area contributed by atoms with E-state index in [-0.39, 0.29) is 0 Å². The van der Waals surface area contributed by atoms with E-state index in [1.165, 1.54) is 0 Å². The first kappa shape index (κ1) is 14.7. The van der Waals surface area contributed by atoms with Crippen LogP contribution in [0.1, 0.15) is 40.5 Å². The molecule has 18 heavy (non-hydrogen) atoms. The summed E-state index contributed by atoms with van der Waals surface area (Å²) in [4.78, 5) is 8.43. The number of nitrogens with zero attached hydrogens (tertiary/aromatic N) is 2. The molecule has 0 radical (unpaired) electrons. The minimum atomic E-state index is 0.711. The second kappa shape index (κ2) is 7.90. The maximum absolute atomic E-state index is 4.22. The van der Waals surface area contributed by atoms with E-state index < -0.39 is 0 Å². The molecule has 0 saturated heterocycles. The van der Waals surface area contributed by atoms with Crippen molar-refractivity contribution in [3.8, 4) is 0 Å². The van der Waals surface area contributed by atoms with Crippen LogP contribution in [0.15, 0.2) is 12.4 Å². The van der Waals surface area contributed by atoms with E-state index >= 15 is 0 Å². The van der Waals surface area contributed by atoms with Crippen LogP contribution in [-0.2, 0) is 0 Å². The zero-order valence-electron chi connectivity index (χ0n) is 12.0. The lowest BCUT2D eigenvalue weighted by Gasteiger charge is -2.10. The quantitative estimate of drug-likeness (QED) is 0.742. The zero-order valence-corrected chi connectivity index (χ0v) is 12.0. The van der Waals surface area contributed by atoms with E-state index in [0.717, 1.165) is 37.6 Å². The van der Waals surface area contributed by atoms with E-state index in [1.807, 2.05) is 6.07 Å². The molecule has 1 rings (SSSR count). The van der Waals surface area contributed by atoms with Gasteiger partial charge in [0.2, 0.25) is 0 Å². The Hall–Kier alpha value is -1.32. The maximum Gasteiger partial charge on any atom is 0.131 e. The molecule has 0 bridgehead atoms. The van der Waals surface area contributed by atoms with Crippen molar-refractivity contribution in [3.63, 3.8) is 0 Å². The highest BCUT2D eigenvalue weighted by Gasteiger charge is 2.00. The van der Waals surface area contributed by atoms with Gasteiger partial charge in [0, 0.05) is 19.2 Å². The second-order valence-electron chi connectivity index (χ2n) is 5.51. The normalized spacial score (nSPS) is 11.0. The van der Waals surface area contributed by atoms with Gasteiger partial charge in [-0.25, -0.2) is 9.97 Å². The van der Waals surface area contributed by atoms with Crippen molar-refractivity contribution in [2.45, 2.75) is 40.5 Å². The summed E-state index contributed by atoms with van der Waals surface area (Å²) in [7, 11) is 0. The third kappa shape index (κ3) is 6.42. The van der Waals surface area contributed by atoms with Crippen LogP contribution in [-0.4, -0.2) is 23.1 Å². The smallest absolute Gasteiger partial charge is 0.131 e. The molecule has 0 aliphatic heterocycles. The lowest BCUT2D eigenvalue weighted by atomic mass is 10.1. The summed E-state index contributed by atoms with van der Waals surface area (Å²) in [6.45, 7) is 10.8. The molecule has 0 aliphatic carbocycles. The van der Waals surface area contributed by atoms with E-state index in [4.69, 9.17) is 0 Å². The molecule has 4 nitrogen and oxygen atoms in total. The SMILES string of the molecule is CC(C)CCNc1cc(NCCC(C)C)ncn1. The highest BCUT2D eigenvalue weighted by atomic mass is 15.1. The number of rotatable bonds is 8. The first-order valence-corrected chi connectivity index (χ1v) is 6.87. The number of hydrogen-bond donors (Lipinski definition) is 2. The van der Waals surface area contributed by atoms with Gasteiger partial charge in [-0.05, 0) is 24.7 Å². The molecule has 1 heterocycles. The molecule has 1 aromatic heterocycles. The molecule has 0 atom stereocenters. The third-order valence-corrected chi connectivity index (χ3v) is 2.72. The summed E-state index contributed by atoms with van der Waals surface area (Å²) in [6.07, 6.45) is 3.91. The highest BCUT2D eigenvalue weighted by molar-refractivity contribution is 5.46. The lowest BCUT2D eigenvalue weighted by Crippen LogP contribution is -2.09. The Morgan fingerprint density at radius 1 is 0.889 bits per heavy atom. The van der Waals surface area contributed by atoms with Gasteiger partial charge in [0.25, 0.3) is 0 Å². The van der Waals surface area contributed by atoms with E-state index in [2.05, 4.69) is 48.3 Å². The predicted molar refractivity (Wildman–Crippen MR) is 77.9 cm³/mol. The van der Waals surface area contributed by atoms with Gasteiger partial charge in [0.15, 0.2) is 0 Å². The molecule has 0 fully saturated rings. The van der Waals surface area contributed by atoms with Crippen molar-refractivity contribution in [2.24, 2.45) is 11.8 Å². The van der Waals surface area contributed by atoms with E-state index in [0.29, 0.717) is 11.8 Å². The van der Waals surface area contributed by atoms with Crippen molar-refractivity contribution in [1.82, 2.24) is 9.97 Å². The fraction of sp³-hybridized carbons (Fsp3) is 0.714. The Kier molecular flexibility index (Phi) is 6.47. The molecular weight excluding hydrogens is 224 g/mol. The molecule has 4 heteroatoms. The highest BCUT2D eigenvalue weighted by Crippen LogP contribution is 2.10. The Balaban J connectivity index is 2.36. The van der Waals surface area contributed by atoms with Crippen LogP contribution >= 0.6 is 0 Å². The largest absolute Gasteiger partial charge is 0.370 e. The molecule has 0 unspecified atom stereocenters. The average molecular weight is 250 g/mol. The van der Waals surface area contributed by atoms with Gasteiger partial charge in [-0.15, -0.1) is 0 Å². The van der Waals surface area contributed by atoms with Crippen molar-refractivity contribution in [1.29, 1.82) is 0 Å². The van der Waals surface area contributed by atoms with Gasteiger partial charge < -0.3 is 10.6 Å².